The third-order valence-electron chi connectivity index (χ3n) is 4.18. The van der Waals surface area contributed by atoms with E-state index < -0.39 is 23.2 Å². The zero-order chi connectivity index (χ0) is 17.2. The van der Waals surface area contributed by atoms with Gasteiger partial charge in [0.15, 0.2) is 0 Å². The Labute approximate surface area is 138 Å². The number of hydrogen-bond acceptors (Lipinski definition) is 3. The average molecular weight is 328 g/mol. The van der Waals surface area contributed by atoms with Crippen LogP contribution in [0.2, 0.25) is 0 Å². The summed E-state index contributed by atoms with van der Waals surface area (Å²) >= 11 is 0. The Morgan fingerprint density at radius 3 is 2.54 bits per heavy atom. The van der Waals surface area contributed by atoms with E-state index in [1.165, 1.54) is 24.3 Å². The van der Waals surface area contributed by atoms with E-state index in [2.05, 4.69) is 10.6 Å². The van der Waals surface area contributed by atoms with E-state index >= 15 is 0 Å². The molecule has 1 aliphatic rings. The maximum absolute atomic E-state index is 12.8. The van der Waals surface area contributed by atoms with Crippen LogP contribution in [0.5, 0.6) is 0 Å². The van der Waals surface area contributed by atoms with E-state index in [-0.39, 0.29) is 6.54 Å². The quantitative estimate of drug-likeness (QED) is 0.751. The molecule has 3 rings (SSSR count). The Kier molecular flexibility index (Phi) is 4.31. The number of anilines is 1. The minimum atomic E-state index is -1.16. The molecule has 1 unspecified atom stereocenters. The van der Waals surface area contributed by atoms with Crippen LogP contribution in [0.3, 0.4) is 0 Å². The number of halogens is 1. The maximum Gasteiger partial charge on any atom is 0.313 e. The average Bonchev–Trinajstić information content (AvgIpc) is 2.93. The van der Waals surface area contributed by atoms with Crippen LogP contribution >= 0.6 is 0 Å². The van der Waals surface area contributed by atoms with Crippen molar-refractivity contribution in [3.05, 3.63) is 65.5 Å². The first-order chi connectivity index (χ1) is 11.5. The lowest BCUT2D eigenvalue weighted by atomic mass is 9.96. The van der Waals surface area contributed by atoms with Gasteiger partial charge in [0.2, 0.25) is 0 Å². The molecule has 0 heterocycles. The summed E-state index contributed by atoms with van der Waals surface area (Å²) in [7, 11) is 0. The second-order valence-electron chi connectivity index (χ2n) is 5.83. The Hall–Kier alpha value is -2.73. The lowest BCUT2D eigenvalue weighted by molar-refractivity contribution is -0.136. The molecule has 124 valence electrons. The van der Waals surface area contributed by atoms with Crippen molar-refractivity contribution in [2.24, 2.45) is 0 Å². The van der Waals surface area contributed by atoms with Crippen molar-refractivity contribution in [1.82, 2.24) is 5.32 Å². The van der Waals surface area contributed by atoms with Crippen molar-refractivity contribution in [2.45, 2.75) is 18.4 Å². The lowest BCUT2D eigenvalue weighted by Gasteiger charge is -2.24. The van der Waals surface area contributed by atoms with Crippen molar-refractivity contribution >= 4 is 17.5 Å². The zero-order valence-corrected chi connectivity index (χ0v) is 12.9. The summed E-state index contributed by atoms with van der Waals surface area (Å²) in [6.45, 7) is -0.0420. The van der Waals surface area contributed by atoms with Gasteiger partial charge < -0.3 is 15.7 Å². The van der Waals surface area contributed by atoms with Crippen molar-refractivity contribution in [3.63, 3.8) is 0 Å². The molecule has 24 heavy (non-hydrogen) atoms. The summed E-state index contributed by atoms with van der Waals surface area (Å²) < 4.78 is 12.8. The number of benzene rings is 2. The topological polar surface area (TPSA) is 78.4 Å². The van der Waals surface area contributed by atoms with Crippen LogP contribution in [-0.4, -0.2) is 23.5 Å². The standard InChI is InChI=1S/C18H17FN2O3/c19-13-5-7-14(8-6-13)21-17(23)16(22)20-11-18(24)10-9-12-3-1-2-4-15(12)18/h1-8,24H,9-11H2,(H,20,22)(H,21,23). The van der Waals surface area contributed by atoms with Gasteiger partial charge in [-0.25, -0.2) is 4.39 Å². The summed E-state index contributed by atoms with van der Waals surface area (Å²) in [6, 6.07) is 12.6. The Morgan fingerprint density at radius 1 is 1.08 bits per heavy atom. The number of carbonyl (C=O) groups is 2. The fourth-order valence-electron chi connectivity index (χ4n) is 2.88. The van der Waals surface area contributed by atoms with Gasteiger partial charge in [-0.3, -0.25) is 9.59 Å². The van der Waals surface area contributed by atoms with Crippen LogP contribution < -0.4 is 10.6 Å². The van der Waals surface area contributed by atoms with E-state index in [1.807, 2.05) is 24.3 Å². The van der Waals surface area contributed by atoms with Gasteiger partial charge in [0.25, 0.3) is 0 Å². The largest absolute Gasteiger partial charge is 0.383 e. The number of aliphatic hydroxyl groups is 1. The summed E-state index contributed by atoms with van der Waals surface area (Å²) in [4.78, 5) is 23.8. The van der Waals surface area contributed by atoms with Gasteiger partial charge in [-0.15, -0.1) is 0 Å². The summed E-state index contributed by atoms with van der Waals surface area (Å²) in [5.41, 5.74) is 0.985. The second-order valence-corrected chi connectivity index (χ2v) is 5.83. The predicted octanol–water partition coefficient (Wildman–Crippen LogP) is 1.71. The van der Waals surface area contributed by atoms with Gasteiger partial charge in [-0.2, -0.15) is 0 Å². The molecule has 0 saturated heterocycles. The van der Waals surface area contributed by atoms with Crippen LogP contribution in [0.25, 0.3) is 0 Å². The van der Waals surface area contributed by atoms with Crippen LogP contribution in [0.4, 0.5) is 10.1 Å². The Bertz CT molecular complexity index is 776. The molecule has 0 spiro atoms. The molecular weight excluding hydrogens is 311 g/mol. The molecule has 0 saturated carbocycles. The van der Waals surface area contributed by atoms with E-state index in [9.17, 15) is 19.1 Å². The minimum Gasteiger partial charge on any atom is -0.383 e. The monoisotopic (exact) mass is 328 g/mol. The molecule has 0 fully saturated rings. The first-order valence-corrected chi connectivity index (χ1v) is 7.63. The fraction of sp³-hybridized carbons (Fsp3) is 0.222. The molecule has 2 amide bonds. The van der Waals surface area contributed by atoms with Gasteiger partial charge in [0.05, 0.1) is 6.54 Å². The van der Waals surface area contributed by atoms with Gasteiger partial charge >= 0.3 is 11.8 Å². The van der Waals surface area contributed by atoms with Crippen molar-refractivity contribution in [2.75, 3.05) is 11.9 Å². The lowest BCUT2D eigenvalue weighted by Crippen LogP contribution is -2.43. The zero-order valence-electron chi connectivity index (χ0n) is 12.9. The van der Waals surface area contributed by atoms with E-state index in [0.29, 0.717) is 12.1 Å². The number of nitrogens with one attached hydrogen (secondary N) is 2. The molecule has 1 atom stereocenters. The number of carbonyl (C=O) groups excluding carboxylic acids is 2. The van der Waals surface area contributed by atoms with Gasteiger partial charge in [0.1, 0.15) is 11.4 Å². The highest BCUT2D eigenvalue weighted by atomic mass is 19.1. The highest BCUT2D eigenvalue weighted by molar-refractivity contribution is 6.39. The first-order valence-electron chi connectivity index (χ1n) is 7.63. The summed E-state index contributed by atoms with van der Waals surface area (Å²) in [5, 5.41) is 15.5. The molecule has 5 nitrogen and oxygen atoms in total. The van der Waals surface area contributed by atoms with Crippen molar-refractivity contribution in [1.29, 1.82) is 0 Å². The normalized spacial score (nSPS) is 18.8. The number of rotatable bonds is 3. The van der Waals surface area contributed by atoms with Gasteiger partial charge in [-0.05, 0) is 48.2 Å². The highest BCUT2D eigenvalue weighted by Crippen LogP contribution is 2.36. The van der Waals surface area contributed by atoms with Crippen molar-refractivity contribution < 1.29 is 19.1 Å². The number of aryl methyl sites for hydroxylation is 1. The molecular formula is C18H17FN2O3. The third-order valence-corrected chi connectivity index (χ3v) is 4.18. The molecule has 0 aliphatic heterocycles. The van der Waals surface area contributed by atoms with Crippen LogP contribution in [-0.2, 0) is 21.6 Å². The number of hydrogen-bond donors (Lipinski definition) is 3. The second kappa shape index (κ2) is 6.41. The predicted molar refractivity (Wildman–Crippen MR) is 86.7 cm³/mol. The number of amides is 2. The molecule has 2 aromatic rings. The molecule has 3 N–H and O–H groups in total. The van der Waals surface area contributed by atoms with Crippen LogP contribution in [0, 0.1) is 5.82 Å². The molecule has 1 aliphatic carbocycles. The van der Waals surface area contributed by atoms with E-state index in [4.69, 9.17) is 0 Å². The van der Waals surface area contributed by atoms with E-state index in [1.54, 1.807) is 0 Å². The maximum atomic E-state index is 12.8. The molecule has 0 bridgehead atoms. The van der Waals surface area contributed by atoms with Gasteiger partial charge in [0, 0.05) is 5.69 Å². The first kappa shape index (κ1) is 16.1. The SMILES string of the molecule is O=C(NCC1(O)CCc2ccccc21)C(=O)Nc1ccc(F)cc1. The summed E-state index contributed by atoms with van der Waals surface area (Å²) in [5.74, 6) is -2.15. The van der Waals surface area contributed by atoms with Crippen LogP contribution in [0.1, 0.15) is 17.5 Å². The van der Waals surface area contributed by atoms with Crippen molar-refractivity contribution in [3.8, 4) is 0 Å². The van der Waals surface area contributed by atoms with Crippen LogP contribution in [0.15, 0.2) is 48.5 Å². The highest BCUT2D eigenvalue weighted by Gasteiger charge is 2.37. The molecule has 0 aromatic heterocycles. The summed E-state index contributed by atoms with van der Waals surface area (Å²) in [6.07, 6.45) is 1.22. The minimum absolute atomic E-state index is 0.0420. The fourth-order valence-corrected chi connectivity index (χ4v) is 2.88. The molecule has 6 heteroatoms. The number of fused-ring (bicyclic) bond motifs is 1. The smallest absolute Gasteiger partial charge is 0.313 e. The third kappa shape index (κ3) is 3.28. The van der Waals surface area contributed by atoms with Gasteiger partial charge in [-0.1, -0.05) is 24.3 Å². The Morgan fingerprint density at radius 2 is 1.79 bits per heavy atom. The van der Waals surface area contributed by atoms with E-state index in [0.717, 1.165) is 17.5 Å². The molecule has 2 aromatic carbocycles. The molecule has 0 radical (unpaired) electrons. The Balaban J connectivity index is 1.59.